The van der Waals surface area contributed by atoms with Crippen LogP contribution >= 0.6 is 34.2 Å². The molecule has 0 unspecified atom stereocenters. The van der Waals surface area contributed by atoms with E-state index in [0.29, 0.717) is 22.2 Å². The van der Waals surface area contributed by atoms with E-state index in [-0.39, 0.29) is 5.91 Å². The maximum atomic E-state index is 11.9. The molecule has 0 atom stereocenters. The summed E-state index contributed by atoms with van der Waals surface area (Å²) < 4.78 is 5.69. The first-order chi connectivity index (χ1) is 8.06. The molecule has 1 N–H and O–H groups in total. The van der Waals surface area contributed by atoms with Crippen LogP contribution in [-0.4, -0.2) is 11.1 Å². The lowest BCUT2D eigenvalue weighted by atomic mass is 10.2. The van der Waals surface area contributed by atoms with Crippen molar-refractivity contribution in [1.29, 1.82) is 0 Å². The quantitative estimate of drug-likeness (QED) is 0.832. The monoisotopic (exact) mass is 362 g/mol. The topological polar surface area (TPSA) is 55.1 Å². The molecule has 2 rings (SSSR count). The molecule has 0 aliphatic rings. The van der Waals surface area contributed by atoms with Gasteiger partial charge in [-0.05, 0) is 47.7 Å². The molecule has 0 bridgehead atoms. The summed E-state index contributed by atoms with van der Waals surface area (Å²) >= 11 is 7.88. The van der Waals surface area contributed by atoms with Gasteiger partial charge in [-0.25, -0.2) is 0 Å². The first-order valence-electron chi connectivity index (χ1n) is 4.76. The van der Waals surface area contributed by atoms with Crippen molar-refractivity contribution in [3.05, 3.63) is 44.1 Å². The van der Waals surface area contributed by atoms with E-state index in [9.17, 15) is 4.79 Å². The number of aromatic nitrogens is 1. The Hall–Kier alpha value is -1.08. The lowest BCUT2D eigenvalue weighted by molar-refractivity contribution is 0.102. The predicted octanol–water partition coefficient (Wildman–Crippen LogP) is 3.49. The second-order valence-electron chi connectivity index (χ2n) is 3.41. The summed E-state index contributed by atoms with van der Waals surface area (Å²) in [6.45, 7) is 1.78. The normalized spacial score (nSPS) is 10.3. The molecule has 1 heterocycles. The van der Waals surface area contributed by atoms with Crippen LogP contribution in [0.2, 0.25) is 5.02 Å². The van der Waals surface area contributed by atoms with Crippen LogP contribution in [0.3, 0.4) is 0 Å². The molecule has 0 radical (unpaired) electrons. The van der Waals surface area contributed by atoms with Gasteiger partial charge in [-0.1, -0.05) is 16.8 Å². The number of aryl methyl sites for hydroxylation is 1. The van der Waals surface area contributed by atoms with E-state index in [2.05, 4.69) is 33.1 Å². The first-order valence-corrected chi connectivity index (χ1v) is 6.21. The van der Waals surface area contributed by atoms with E-state index in [0.717, 1.165) is 3.57 Å². The van der Waals surface area contributed by atoms with Gasteiger partial charge in [0, 0.05) is 14.7 Å². The van der Waals surface area contributed by atoms with Crippen molar-refractivity contribution in [2.75, 3.05) is 5.32 Å². The van der Waals surface area contributed by atoms with E-state index >= 15 is 0 Å². The zero-order valence-corrected chi connectivity index (χ0v) is 11.7. The average molecular weight is 363 g/mol. The Kier molecular flexibility index (Phi) is 3.68. The van der Waals surface area contributed by atoms with Crippen LogP contribution in [0.15, 0.2) is 28.8 Å². The van der Waals surface area contributed by atoms with Gasteiger partial charge in [0.2, 0.25) is 5.88 Å². The van der Waals surface area contributed by atoms with Gasteiger partial charge in [-0.3, -0.25) is 10.1 Å². The molecule has 1 amide bonds. The van der Waals surface area contributed by atoms with Crippen molar-refractivity contribution in [1.82, 2.24) is 5.16 Å². The van der Waals surface area contributed by atoms with Crippen molar-refractivity contribution in [2.24, 2.45) is 0 Å². The van der Waals surface area contributed by atoms with Crippen LogP contribution in [-0.2, 0) is 0 Å². The molecule has 0 saturated heterocycles. The molecule has 88 valence electrons. The number of nitrogens with zero attached hydrogens (tertiary/aromatic N) is 1. The summed E-state index contributed by atoms with van der Waals surface area (Å²) in [4.78, 5) is 11.9. The second kappa shape index (κ2) is 5.05. The van der Waals surface area contributed by atoms with E-state index in [4.69, 9.17) is 16.1 Å². The molecule has 0 spiro atoms. The van der Waals surface area contributed by atoms with Crippen molar-refractivity contribution >= 4 is 46.0 Å². The van der Waals surface area contributed by atoms with Crippen LogP contribution in [0.1, 0.15) is 16.1 Å². The third-order valence-electron chi connectivity index (χ3n) is 2.04. The fourth-order valence-corrected chi connectivity index (χ4v) is 2.39. The van der Waals surface area contributed by atoms with Crippen molar-refractivity contribution in [2.45, 2.75) is 6.92 Å². The number of amides is 1. The Morgan fingerprint density at radius 3 is 2.82 bits per heavy atom. The number of halogens is 2. The van der Waals surface area contributed by atoms with Gasteiger partial charge in [0.05, 0.1) is 11.3 Å². The molecule has 6 heteroatoms. The standard InChI is InChI=1S/C11H8ClIN2O2/c1-6-4-10(17-15-6)14-11(16)8-3-2-7(12)5-9(8)13/h2-5H,1H3,(H,14,16). The number of carbonyl (C=O) groups is 1. The largest absolute Gasteiger partial charge is 0.338 e. The molecule has 0 aliphatic carbocycles. The Morgan fingerprint density at radius 2 is 2.24 bits per heavy atom. The highest BCUT2D eigenvalue weighted by Crippen LogP contribution is 2.19. The Labute approximate surface area is 116 Å². The number of hydrogen-bond donors (Lipinski definition) is 1. The summed E-state index contributed by atoms with van der Waals surface area (Å²) in [5, 5.41) is 6.91. The maximum Gasteiger partial charge on any atom is 0.259 e. The fraction of sp³-hybridized carbons (Fsp3) is 0.0909. The minimum atomic E-state index is -0.248. The zero-order chi connectivity index (χ0) is 12.4. The molecular weight excluding hydrogens is 354 g/mol. The van der Waals surface area contributed by atoms with Crippen LogP contribution in [0, 0.1) is 10.5 Å². The smallest absolute Gasteiger partial charge is 0.259 e. The maximum absolute atomic E-state index is 11.9. The number of carbonyl (C=O) groups excluding carboxylic acids is 1. The van der Waals surface area contributed by atoms with Gasteiger partial charge >= 0.3 is 0 Å². The second-order valence-corrected chi connectivity index (χ2v) is 5.01. The number of anilines is 1. The van der Waals surface area contributed by atoms with Crippen LogP contribution < -0.4 is 5.32 Å². The number of benzene rings is 1. The summed E-state index contributed by atoms with van der Waals surface area (Å²) in [6.07, 6.45) is 0. The SMILES string of the molecule is Cc1cc(NC(=O)c2ccc(Cl)cc2I)on1. The molecule has 17 heavy (non-hydrogen) atoms. The number of nitrogens with one attached hydrogen (secondary N) is 1. The van der Waals surface area contributed by atoms with Gasteiger partial charge in [0.25, 0.3) is 5.91 Å². The van der Waals surface area contributed by atoms with E-state index < -0.39 is 0 Å². The molecule has 0 fully saturated rings. The molecular formula is C11H8ClIN2O2. The van der Waals surface area contributed by atoms with Crippen molar-refractivity contribution in [3.8, 4) is 0 Å². The highest BCUT2D eigenvalue weighted by Gasteiger charge is 2.12. The Balaban J connectivity index is 2.20. The van der Waals surface area contributed by atoms with Crippen LogP contribution in [0.25, 0.3) is 0 Å². The van der Waals surface area contributed by atoms with Gasteiger partial charge in [-0.15, -0.1) is 0 Å². The van der Waals surface area contributed by atoms with Crippen molar-refractivity contribution < 1.29 is 9.32 Å². The summed E-state index contributed by atoms with van der Waals surface area (Å²) in [5.41, 5.74) is 1.26. The van der Waals surface area contributed by atoms with E-state index in [1.165, 1.54) is 0 Å². The highest BCUT2D eigenvalue weighted by molar-refractivity contribution is 14.1. The minimum absolute atomic E-state index is 0.248. The Bertz CT molecular complexity index is 568. The summed E-state index contributed by atoms with van der Waals surface area (Å²) in [7, 11) is 0. The zero-order valence-electron chi connectivity index (χ0n) is 8.83. The van der Waals surface area contributed by atoms with Gasteiger partial charge in [0.1, 0.15) is 0 Å². The molecule has 1 aromatic carbocycles. The lowest BCUT2D eigenvalue weighted by Gasteiger charge is -2.03. The first kappa shape index (κ1) is 12.4. The van der Waals surface area contributed by atoms with Gasteiger partial charge in [-0.2, -0.15) is 0 Å². The van der Waals surface area contributed by atoms with E-state index in [1.54, 1.807) is 31.2 Å². The lowest BCUT2D eigenvalue weighted by Crippen LogP contribution is -2.12. The van der Waals surface area contributed by atoms with E-state index in [1.807, 2.05) is 0 Å². The molecule has 0 saturated carbocycles. The van der Waals surface area contributed by atoms with Gasteiger partial charge in [0.15, 0.2) is 0 Å². The average Bonchev–Trinajstić information content (AvgIpc) is 2.63. The molecule has 0 aliphatic heterocycles. The fourth-order valence-electron chi connectivity index (χ4n) is 1.28. The number of hydrogen-bond acceptors (Lipinski definition) is 3. The molecule has 1 aromatic heterocycles. The highest BCUT2D eigenvalue weighted by atomic mass is 127. The minimum Gasteiger partial charge on any atom is -0.338 e. The van der Waals surface area contributed by atoms with Crippen molar-refractivity contribution in [3.63, 3.8) is 0 Å². The third kappa shape index (κ3) is 2.98. The van der Waals surface area contributed by atoms with Gasteiger partial charge < -0.3 is 4.52 Å². The third-order valence-corrected chi connectivity index (χ3v) is 3.17. The Morgan fingerprint density at radius 1 is 1.47 bits per heavy atom. The number of rotatable bonds is 2. The summed E-state index contributed by atoms with van der Waals surface area (Å²) in [6, 6.07) is 6.72. The van der Waals surface area contributed by atoms with Crippen LogP contribution in [0.5, 0.6) is 0 Å². The predicted molar refractivity (Wildman–Crippen MR) is 73.4 cm³/mol. The van der Waals surface area contributed by atoms with Crippen LogP contribution in [0.4, 0.5) is 5.88 Å². The molecule has 2 aromatic rings. The molecule has 4 nitrogen and oxygen atoms in total. The summed E-state index contributed by atoms with van der Waals surface area (Å²) in [5.74, 6) is 0.0838.